The van der Waals surface area contributed by atoms with E-state index in [4.69, 9.17) is 4.74 Å². The molecule has 0 radical (unpaired) electrons. The molecule has 5 nitrogen and oxygen atoms in total. The monoisotopic (exact) mass is 390 g/mol. The Morgan fingerprint density at radius 2 is 2.04 bits per heavy atom. The van der Waals surface area contributed by atoms with E-state index in [9.17, 15) is 9.90 Å². The van der Waals surface area contributed by atoms with Gasteiger partial charge in [0, 0.05) is 6.42 Å². The number of phenols is 1. The van der Waals surface area contributed by atoms with Crippen molar-refractivity contribution in [2.24, 2.45) is 5.10 Å². The number of nitrogens with one attached hydrogen (secondary N) is 1. The lowest BCUT2D eigenvalue weighted by atomic mass is 10.2. The summed E-state index contributed by atoms with van der Waals surface area (Å²) < 4.78 is 6.55. The average Bonchev–Trinajstić information content (AvgIpc) is 2.55. The van der Waals surface area contributed by atoms with E-state index in [0.717, 1.165) is 21.3 Å². The van der Waals surface area contributed by atoms with Gasteiger partial charge in [0.1, 0.15) is 11.5 Å². The second kappa shape index (κ2) is 9.08. The molecule has 0 atom stereocenters. The zero-order valence-corrected chi connectivity index (χ0v) is 14.9. The molecular weight excluding hydrogens is 372 g/mol. The molecule has 0 aliphatic heterocycles. The smallest absolute Gasteiger partial charge is 0.240 e. The topological polar surface area (TPSA) is 70.9 Å². The van der Waals surface area contributed by atoms with Crippen molar-refractivity contribution in [1.29, 1.82) is 0 Å². The Morgan fingerprint density at radius 1 is 1.29 bits per heavy atom. The van der Waals surface area contributed by atoms with E-state index in [2.05, 4.69) is 26.5 Å². The van der Waals surface area contributed by atoms with Crippen LogP contribution in [-0.4, -0.2) is 23.8 Å². The van der Waals surface area contributed by atoms with Crippen LogP contribution in [0.1, 0.15) is 24.0 Å². The van der Waals surface area contributed by atoms with Gasteiger partial charge in [0.05, 0.1) is 17.3 Å². The van der Waals surface area contributed by atoms with Crippen LogP contribution in [0.3, 0.4) is 0 Å². The van der Waals surface area contributed by atoms with Gasteiger partial charge in [0.15, 0.2) is 0 Å². The van der Waals surface area contributed by atoms with Crippen molar-refractivity contribution in [1.82, 2.24) is 5.43 Å². The molecule has 2 aromatic carbocycles. The van der Waals surface area contributed by atoms with Crippen LogP contribution in [0.25, 0.3) is 0 Å². The standard InChI is InChI=1S/C18H19BrN2O3/c1-13-4-9-17(16(19)11-13)24-10-2-3-18(23)21-20-12-14-5-7-15(22)8-6-14/h4-9,11-12,22H,2-3,10H2,1H3,(H,21,23)/b20-12+. The molecule has 0 fully saturated rings. The third-order valence-electron chi connectivity index (χ3n) is 3.19. The number of carbonyl (C=O) groups excluding carboxylic acids is 1. The summed E-state index contributed by atoms with van der Waals surface area (Å²) in [6.07, 6.45) is 2.45. The SMILES string of the molecule is Cc1ccc(OCCCC(=O)N/N=C/c2ccc(O)cc2)c(Br)c1. The highest BCUT2D eigenvalue weighted by Crippen LogP contribution is 2.25. The number of hydrogen-bond acceptors (Lipinski definition) is 4. The lowest BCUT2D eigenvalue weighted by molar-refractivity contribution is -0.121. The summed E-state index contributed by atoms with van der Waals surface area (Å²) in [7, 11) is 0. The highest BCUT2D eigenvalue weighted by Gasteiger charge is 2.03. The molecule has 0 saturated carbocycles. The highest BCUT2D eigenvalue weighted by atomic mass is 79.9. The van der Waals surface area contributed by atoms with Crippen molar-refractivity contribution in [3.8, 4) is 11.5 Å². The molecule has 0 aromatic heterocycles. The predicted octanol–water partition coefficient (Wildman–Crippen LogP) is 3.77. The molecule has 6 heteroatoms. The molecule has 126 valence electrons. The van der Waals surface area contributed by atoms with Crippen molar-refractivity contribution >= 4 is 28.1 Å². The summed E-state index contributed by atoms with van der Waals surface area (Å²) in [5, 5.41) is 13.1. The van der Waals surface area contributed by atoms with E-state index >= 15 is 0 Å². The quantitative estimate of drug-likeness (QED) is 0.429. The third kappa shape index (κ3) is 6.04. The Kier molecular flexibility index (Phi) is 6.81. The molecule has 2 aromatic rings. The molecule has 0 saturated heterocycles. The first-order valence-corrected chi connectivity index (χ1v) is 8.34. The fraction of sp³-hybridized carbons (Fsp3) is 0.222. The third-order valence-corrected chi connectivity index (χ3v) is 3.81. The van der Waals surface area contributed by atoms with Crippen LogP contribution in [0.5, 0.6) is 11.5 Å². The molecule has 0 spiro atoms. The molecule has 2 rings (SSSR count). The Hall–Kier alpha value is -2.34. The Morgan fingerprint density at radius 3 is 2.75 bits per heavy atom. The first-order chi connectivity index (χ1) is 11.5. The van der Waals surface area contributed by atoms with E-state index in [1.807, 2.05) is 25.1 Å². The minimum Gasteiger partial charge on any atom is -0.508 e. The maximum atomic E-state index is 11.7. The summed E-state index contributed by atoms with van der Waals surface area (Å²) in [6, 6.07) is 12.4. The van der Waals surface area contributed by atoms with Crippen molar-refractivity contribution < 1.29 is 14.6 Å². The molecular formula is C18H19BrN2O3. The van der Waals surface area contributed by atoms with Gasteiger partial charge < -0.3 is 9.84 Å². The van der Waals surface area contributed by atoms with Crippen LogP contribution >= 0.6 is 15.9 Å². The number of rotatable bonds is 7. The van der Waals surface area contributed by atoms with Gasteiger partial charge in [-0.15, -0.1) is 0 Å². The summed E-state index contributed by atoms with van der Waals surface area (Å²) >= 11 is 3.45. The minimum atomic E-state index is -0.170. The van der Waals surface area contributed by atoms with Crippen molar-refractivity contribution in [2.45, 2.75) is 19.8 Å². The van der Waals surface area contributed by atoms with Crippen LogP contribution in [0.4, 0.5) is 0 Å². The van der Waals surface area contributed by atoms with Gasteiger partial charge in [-0.2, -0.15) is 5.10 Å². The van der Waals surface area contributed by atoms with E-state index in [1.165, 1.54) is 6.21 Å². The van der Waals surface area contributed by atoms with Crippen molar-refractivity contribution in [2.75, 3.05) is 6.61 Å². The van der Waals surface area contributed by atoms with Gasteiger partial charge in [-0.25, -0.2) is 5.43 Å². The fourth-order valence-corrected chi connectivity index (χ4v) is 2.54. The Labute approximate surface area is 149 Å². The van der Waals surface area contributed by atoms with Gasteiger partial charge in [0.25, 0.3) is 0 Å². The second-order valence-electron chi connectivity index (χ2n) is 5.27. The van der Waals surface area contributed by atoms with E-state index in [1.54, 1.807) is 24.3 Å². The second-order valence-corrected chi connectivity index (χ2v) is 6.12. The lowest BCUT2D eigenvalue weighted by Crippen LogP contribution is -2.18. The van der Waals surface area contributed by atoms with Crippen LogP contribution in [0.2, 0.25) is 0 Å². The number of hydrazone groups is 1. The fourth-order valence-electron chi connectivity index (χ4n) is 1.93. The highest BCUT2D eigenvalue weighted by molar-refractivity contribution is 9.10. The van der Waals surface area contributed by atoms with Gasteiger partial charge in [-0.05, 0) is 76.8 Å². The van der Waals surface area contributed by atoms with Gasteiger partial charge in [0.2, 0.25) is 5.91 Å². The largest absolute Gasteiger partial charge is 0.508 e. The van der Waals surface area contributed by atoms with E-state index in [0.29, 0.717) is 19.4 Å². The van der Waals surface area contributed by atoms with E-state index < -0.39 is 0 Å². The first-order valence-electron chi connectivity index (χ1n) is 7.54. The number of halogens is 1. The number of nitrogens with zero attached hydrogens (tertiary/aromatic N) is 1. The van der Waals surface area contributed by atoms with Crippen molar-refractivity contribution in [3.63, 3.8) is 0 Å². The predicted molar refractivity (Wildman–Crippen MR) is 97.5 cm³/mol. The summed E-state index contributed by atoms with van der Waals surface area (Å²) in [5.41, 5.74) is 4.41. The Bertz CT molecular complexity index is 715. The molecule has 1 amide bonds. The molecule has 0 heterocycles. The molecule has 24 heavy (non-hydrogen) atoms. The Balaban J connectivity index is 1.67. The maximum Gasteiger partial charge on any atom is 0.240 e. The number of hydrogen-bond donors (Lipinski definition) is 2. The first kappa shape index (κ1) is 18.0. The van der Waals surface area contributed by atoms with Gasteiger partial charge in [-0.1, -0.05) is 6.07 Å². The summed E-state index contributed by atoms with van der Waals surface area (Å²) in [4.78, 5) is 11.7. The maximum absolute atomic E-state index is 11.7. The lowest BCUT2D eigenvalue weighted by Gasteiger charge is -2.08. The number of ether oxygens (including phenoxy) is 1. The van der Waals surface area contributed by atoms with Crippen LogP contribution in [0.15, 0.2) is 52.0 Å². The van der Waals surface area contributed by atoms with Crippen LogP contribution in [0, 0.1) is 6.92 Å². The zero-order chi connectivity index (χ0) is 17.4. The normalized spacial score (nSPS) is 10.8. The van der Waals surface area contributed by atoms with Crippen LogP contribution < -0.4 is 10.2 Å². The average molecular weight is 391 g/mol. The number of aromatic hydroxyl groups is 1. The van der Waals surface area contributed by atoms with Crippen molar-refractivity contribution in [3.05, 3.63) is 58.1 Å². The number of benzene rings is 2. The summed E-state index contributed by atoms with van der Waals surface area (Å²) in [5.74, 6) is 0.791. The molecule has 0 aliphatic carbocycles. The minimum absolute atomic E-state index is 0.170. The van der Waals surface area contributed by atoms with Gasteiger partial charge >= 0.3 is 0 Å². The zero-order valence-electron chi connectivity index (χ0n) is 13.3. The molecule has 0 bridgehead atoms. The van der Waals surface area contributed by atoms with Gasteiger partial charge in [-0.3, -0.25) is 4.79 Å². The molecule has 0 aliphatic rings. The van der Waals surface area contributed by atoms with Crippen LogP contribution in [-0.2, 0) is 4.79 Å². The van der Waals surface area contributed by atoms with E-state index in [-0.39, 0.29) is 11.7 Å². The number of amides is 1. The number of phenolic OH excluding ortho intramolecular Hbond substituents is 1. The molecule has 2 N–H and O–H groups in total. The summed E-state index contributed by atoms with van der Waals surface area (Å²) in [6.45, 7) is 2.47. The number of carbonyl (C=O) groups is 1. The molecule has 0 unspecified atom stereocenters. The number of aryl methyl sites for hydroxylation is 1.